The van der Waals surface area contributed by atoms with Crippen molar-refractivity contribution in [2.24, 2.45) is 17.8 Å². The first-order valence-electron chi connectivity index (χ1n) is 12.6. The maximum absolute atomic E-state index is 12.7. The summed E-state index contributed by atoms with van der Waals surface area (Å²) in [6, 6.07) is 16.1. The van der Waals surface area contributed by atoms with Crippen molar-refractivity contribution in [1.82, 2.24) is 10.6 Å². The first-order chi connectivity index (χ1) is 17.0. The summed E-state index contributed by atoms with van der Waals surface area (Å²) in [5, 5.41) is 15.3. The van der Waals surface area contributed by atoms with Crippen LogP contribution in [-0.4, -0.2) is 42.3 Å². The van der Waals surface area contributed by atoms with E-state index in [1.54, 1.807) is 0 Å². The van der Waals surface area contributed by atoms with Crippen molar-refractivity contribution < 1.29 is 24.2 Å². The fraction of sp³-hybridized carbons (Fsp3) is 0.464. The zero-order valence-electron chi connectivity index (χ0n) is 19.7. The Kier molecular flexibility index (Phi) is 6.75. The highest BCUT2D eigenvalue weighted by molar-refractivity contribution is 5.83. The van der Waals surface area contributed by atoms with Crippen LogP contribution < -0.4 is 10.6 Å². The molecule has 0 aliphatic heterocycles. The molecule has 0 aromatic heterocycles. The number of carbonyl (C=O) groups is 3. The number of hydrogen-bond donors (Lipinski definition) is 3. The third kappa shape index (κ3) is 5.04. The standard InChI is InChI=1S/C28H32N2O5/c31-26(30-25-13-3-1-2-12-22(25)27(32)33)23-14-17(23)15-29-28(34)35-16-24-20-10-6-4-8-18(20)19-9-5-7-11-21(19)24/h4-11,17,22-25H,1-3,12-16H2,(H,29,34)(H,30,31)(H,32,33)/t17-,22?,23-,25?/m0/s1. The largest absolute Gasteiger partial charge is 0.481 e. The van der Waals surface area contributed by atoms with Gasteiger partial charge in [0.25, 0.3) is 0 Å². The van der Waals surface area contributed by atoms with Gasteiger partial charge in [-0.2, -0.15) is 0 Å². The van der Waals surface area contributed by atoms with Crippen molar-refractivity contribution in [3.05, 3.63) is 59.7 Å². The Labute approximate surface area is 205 Å². The molecule has 2 fully saturated rings. The predicted octanol–water partition coefficient (Wildman–Crippen LogP) is 4.31. The second-order valence-corrected chi connectivity index (χ2v) is 10.0. The number of carbonyl (C=O) groups excluding carboxylic acids is 2. The number of hydrogen-bond acceptors (Lipinski definition) is 4. The highest BCUT2D eigenvalue weighted by Crippen LogP contribution is 2.44. The number of rotatable bonds is 7. The van der Waals surface area contributed by atoms with E-state index in [1.165, 1.54) is 22.3 Å². The number of ether oxygens (including phenoxy) is 1. The van der Waals surface area contributed by atoms with Crippen LogP contribution in [0.3, 0.4) is 0 Å². The molecule has 2 aromatic carbocycles. The van der Waals surface area contributed by atoms with Gasteiger partial charge in [-0.15, -0.1) is 0 Å². The first kappa shape index (κ1) is 23.4. The molecule has 7 heteroatoms. The molecule has 0 radical (unpaired) electrons. The van der Waals surface area contributed by atoms with Crippen LogP contribution in [0, 0.1) is 17.8 Å². The van der Waals surface area contributed by atoms with Crippen LogP contribution in [0.25, 0.3) is 11.1 Å². The SMILES string of the molecule is O=C(NC[C@@H]1C[C@@H]1C(=O)NC1CCCCCC1C(=O)O)OCC1c2ccccc2-c2ccccc21. The minimum absolute atomic E-state index is 0.00866. The molecule has 2 saturated carbocycles. The Morgan fingerprint density at radius 3 is 2.23 bits per heavy atom. The molecule has 0 saturated heterocycles. The van der Waals surface area contributed by atoms with Crippen molar-refractivity contribution in [2.75, 3.05) is 13.2 Å². The monoisotopic (exact) mass is 476 g/mol. The molecule has 7 nitrogen and oxygen atoms in total. The van der Waals surface area contributed by atoms with Gasteiger partial charge in [0.05, 0.1) is 5.92 Å². The molecule has 2 aromatic rings. The fourth-order valence-electron chi connectivity index (χ4n) is 5.72. The van der Waals surface area contributed by atoms with Gasteiger partial charge in [0.15, 0.2) is 0 Å². The van der Waals surface area contributed by atoms with E-state index in [0.29, 0.717) is 25.8 Å². The quantitative estimate of drug-likeness (QED) is 0.517. The lowest BCUT2D eigenvalue weighted by Crippen LogP contribution is -2.43. The van der Waals surface area contributed by atoms with E-state index in [-0.39, 0.29) is 36.3 Å². The van der Waals surface area contributed by atoms with Gasteiger partial charge in [0.1, 0.15) is 6.61 Å². The minimum Gasteiger partial charge on any atom is -0.481 e. The van der Waals surface area contributed by atoms with Crippen molar-refractivity contribution in [3.8, 4) is 11.1 Å². The molecule has 4 atom stereocenters. The predicted molar refractivity (Wildman–Crippen MR) is 131 cm³/mol. The Bertz CT molecular complexity index is 1070. The molecule has 0 spiro atoms. The lowest BCUT2D eigenvalue weighted by molar-refractivity contribution is -0.143. The lowest BCUT2D eigenvalue weighted by atomic mass is 9.94. The normalized spacial score (nSPS) is 25.0. The number of nitrogens with one attached hydrogen (secondary N) is 2. The van der Waals surface area contributed by atoms with Crippen LogP contribution in [0.2, 0.25) is 0 Å². The van der Waals surface area contributed by atoms with Crippen molar-refractivity contribution in [3.63, 3.8) is 0 Å². The van der Waals surface area contributed by atoms with Crippen molar-refractivity contribution in [2.45, 2.75) is 50.5 Å². The molecule has 3 N–H and O–H groups in total. The molecule has 0 heterocycles. The van der Waals surface area contributed by atoms with E-state index in [0.717, 1.165) is 19.3 Å². The molecule has 2 amide bonds. The molecule has 3 aliphatic rings. The number of alkyl carbamates (subject to hydrolysis) is 1. The summed E-state index contributed by atoms with van der Waals surface area (Å²) in [4.78, 5) is 36.7. The summed E-state index contributed by atoms with van der Waals surface area (Å²) in [6.45, 7) is 0.633. The Morgan fingerprint density at radius 2 is 1.54 bits per heavy atom. The number of carboxylic acid groups (broad SMARTS) is 1. The zero-order valence-corrected chi connectivity index (χ0v) is 19.7. The molecule has 5 rings (SSSR count). The van der Waals surface area contributed by atoms with Crippen molar-refractivity contribution >= 4 is 18.0 Å². The first-order valence-corrected chi connectivity index (χ1v) is 12.6. The zero-order chi connectivity index (χ0) is 24.4. The van der Waals surface area contributed by atoms with Crippen LogP contribution >= 0.6 is 0 Å². The number of amides is 2. The van der Waals surface area contributed by atoms with E-state index in [2.05, 4.69) is 34.9 Å². The third-order valence-corrected chi connectivity index (χ3v) is 7.77. The second kappa shape index (κ2) is 10.1. The summed E-state index contributed by atoms with van der Waals surface area (Å²) < 4.78 is 5.57. The number of fused-ring (bicyclic) bond motifs is 3. The Balaban J connectivity index is 1.09. The average Bonchev–Trinajstić information content (AvgIpc) is 3.62. The average molecular weight is 477 g/mol. The van der Waals surface area contributed by atoms with Gasteiger partial charge in [-0.05, 0) is 47.4 Å². The number of aliphatic carboxylic acids is 1. The van der Waals surface area contributed by atoms with Crippen LogP contribution in [-0.2, 0) is 14.3 Å². The van der Waals surface area contributed by atoms with E-state index in [4.69, 9.17) is 4.74 Å². The summed E-state index contributed by atoms with van der Waals surface area (Å²) in [6.07, 6.45) is 4.36. The summed E-state index contributed by atoms with van der Waals surface area (Å²) in [7, 11) is 0. The van der Waals surface area contributed by atoms with Gasteiger partial charge in [-0.3, -0.25) is 9.59 Å². The molecule has 184 valence electrons. The summed E-state index contributed by atoms with van der Waals surface area (Å²) in [5.41, 5.74) is 4.70. The molecule has 2 unspecified atom stereocenters. The van der Waals surface area contributed by atoms with Gasteiger partial charge < -0.3 is 20.5 Å². The number of carboxylic acids is 1. The van der Waals surface area contributed by atoms with Gasteiger partial charge in [-0.25, -0.2) is 4.79 Å². The number of benzene rings is 2. The highest BCUT2D eigenvalue weighted by atomic mass is 16.5. The molecule has 35 heavy (non-hydrogen) atoms. The van der Waals surface area contributed by atoms with E-state index in [1.807, 2.05) is 24.3 Å². The maximum atomic E-state index is 12.7. The fourth-order valence-corrected chi connectivity index (χ4v) is 5.72. The second-order valence-electron chi connectivity index (χ2n) is 10.0. The van der Waals surface area contributed by atoms with Gasteiger partial charge in [-0.1, -0.05) is 67.8 Å². The van der Waals surface area contributed by atoms with Gasteiger partial charge >= 0.3 is 12.1 Å². The molecular weight excluding hydrogens is 444 g/mol. The minimum atomic E-state index is -0.832. The van der Waals surface area contributed by atoms with Gasteiger partial charge in [0.2, 0.25) is 5.91 Å². The van der Waals surface area contributed by atoms with E-state index in [9.17, 15) is 19.5 Å². The maximum Gasteiger partial charge on any atom is 0.407 e. The van der Waals surface area contributed by atoms with Crippen LogP contribution in [0.5, 0.6) is 0 Å². The molecule has 0 bridgehead atoms. The summed E-state index contributed by atoms with van der Waals surface area (Å²) >= 11 is 0. The van der Waals surface area contributed by atoms with Crippen LogP contribution in [0.1, 0.15) is 55.6 Å². The van der Waals surface area contributed by atoms with Gasteiger partial charge in [0, 0.05) is 24.4 Å². The lowest BCUT2D eigenvalue weighted by Gasteiger charge is -2.23. The topological polar surface area (TPSA) is 105 Å². The smallest absolute Gasteiger partial charge is 0.407 e. The molecular formula is C28H32N2O5. The Morgan fingerprint density at radius 1 is 0.886 bits per heavy atom. The van der Waals surface area contributed by atoms with Crippen LogP contribution in [0.15, 0.2) is 48.5 Å². The van der Waals surface area contributed by atoms with Crippen molar-refractivity contribution in [1.29, 1.82) is 0 Å². The highest BCUT2D eigenvalue weighted by Gasteiger charge is 2.44. The summed E-state index contributed by atoms with van der Waals surface area (Å²) in [5.74, 6) is -1.55. The van der Waals surface area contributed by atoms with E-state index >= 15 is 0 Å². The van der Waals surface area contributed by atoms with E-state index < -0.39 is 18.0 Å². The molecule has 3 aliphatic carbocycles. The van der Waals surface area contributed by atoms with Crippen LogP contribution in [0.4, 0.5) is 4.79 Å². The Hall–Kier alpha value is -3.35. The third-order valence-electron chi connectivity index (χ3n) is 7.77.